The van der Waals surface area contributed by atoms with Crippen molar-refractivity contribution >= 4 is 9.84 Å². The third kappa shape index (κ3) is 4.73. The first kappa shape index (κ1) is 14.0. The van der Waals surface area contributed by atoms with Gasteiger partial charge in [-0.1, -0.05) is 31.2 Å². The number of sulfone groups is 1. The summed E-state index contributed by atoms with van der Waals surface area (Å²) in [6.45, 7) is 5.65. The molecule has 0 spiro atoms. The van der Waals surface area contributed by atoms with Crippen LogP contribution in [0.5, 0.6) is 0 Å². The van der Waals surface area contributed by atoms with Gasteiger partial charge in [0.05, 0.1) is 10.6 Å². The largest absolute Gasteiger partial charge is 0.224 e. The topological polar surface area (TPSA) is 34.1 Å². The van der Waals surface area contributed by atoms with E-state index in [1.807, 2.05) is 19.1 Å². The normalized spacial score (nSPS) is 13.2. The highest BCUT2D eigenvalue weighted by Crippen LogP contribution is 2.17. The molecule has 17 heavy (non-hydrogen) atoms. The second-order valence-corrected chi connectivity index (χ2v) is 6.45. The van der Waals surface area contributed by atoms with E-state index >= 15 is 0 Å². The standard InChI is InChI=1S/C14H20O2S/c1-3-4-6-9-13(2)12-17(15,16)14-10-7-5-8-11-14/h3,5,7-8,10-11,13H,1,4,6,9,12H2,2H3/t13-/m0/s1. The number of benzene rings is 1. The van der Waals surface area contributed by atoms with Crippen molar-refractivity contribution in [2.24, 2.45) is 5.92 Å². The van der Waals surface area contributed by atoms with Gasteiger partial charge in [0.25, 0.3) is 0 Å². The summed E-state index contributed by atoms with van der Waals surface area (Å²) in [6, 6.07) is 8.66. The first-order valence-corrected chi connectivity index (χ1v) is 7.60. The third-order valence-electron chi connectivity index (χ3n) is 2.71. The summed E-state index contributed by atoms with van der Waals surface area (Å²) in [4.78, 5) is 0.426. The van der Waals surface area contributed by atoms with Crippen molar-refractivity contribution in [2.45, 2.75) is 31.1 Å². The number of rotatable bonds is 7. The maximum absolute atomic E-state index is 12.1. The first-order valence-electron chi connectivity index (χ1n) is 5.95. The van der Waals surface area contributed by atoms with Gasteiger partial charge in [-0.3, -0.25) is 0 Å². The van der Waals surface area contributed by atoms with Crippen LogP contribution < -0.4 is 0 Å². The van der Waals surface area contributed by atoms with E-state index in [1.54, 1.807) is 24.3 Å². The average Bonchev–Trinajstić information content (AvgIpc) is 2.30. The van der Waals surface area contributed by atoms with Crippen molar-refractivity contribution < 1.29 is 8.42 Å². The van der Waals surface area contributed by atoms with E-state index in [0.717, 1.165) is 19.3 Å². The molecule has 0 saturated carbocycles. The molecule has 0 saturated heterocycles. The Labute approximate surface area is 104 Å². The van der Waals surface area contributed by atoms with Crippen molar-refractivity contribution in [3.8, 4) is 0 Å². The molecule has 0 amide bonds. The highest BCUT2D eigenvalue weighted by atomic mass is 32.2. The van der Waals surface area contributed by atoms with E-state index in [-0.39, 0.29) is 11.7 Å². The first-order chi connectivity index (χ1) is 8.06. The predicted octanol–water partition coefficient (Wildman–Crippen LogP) is 3.45. The molecule has 0 aliphatic rings. The zero-order valence-electron chi connectivity index (χ0n) is 10.3. The third-order valence-corrected chi connectivity index (χ3v) is 4.71. The zero-order valence-corrected chi connectivity index (χ0v) is 11.1. The van der Waals surface area contributed by atoms with Crippen LogP contribution in [-0.2, 0) is 9.84 Å². The Morgan fingerprint density at radius 2 is 1.94 bits per heavy atom. The van der Waals surface area contributed by atoms with Crippen LogP contribution >= 0.6 is 0 Å². The molecule has 0 radical (unpaired) electrons. The van der Waals surface area contributed by atoms with Gasteiger partial charge in [-0.15, -0.1) is 6.58 Å². The molecule has 1 rings (SSSR count). The van der Waals surface area contributed by atoms with Crippen molar-refractivity contribution in [2.75, 3.05) is 5.75 Å². The van der Waals surface area contributed by atoms with Crippen LogP contribution in [0.3, 0.4) is 0 Å². The molecule has 0 bridgehead atoms. The van der Waals surface area contributed by atoms with E-state index in [9.17, 15) is 8.42 Å². The van der Waals surface area contributed by atoms with E-state index in [4.69, 9.17) is 0 Å². The lowest BCUT2D eigenvalue weighted by atomic mass is 10.1. The Bertz CT molecular complexity index is 435. The molecule has 1 atom stereocenters. The molecule has 0 heterocycles. The van der Waals surface area contributed by atoms with E-state index in [2.05, 4.69) is 6.58 Å². The van der Waals surface area contributed by atoms with Crippen LogP contribution in [0.1, 0.15) is 26.2 Å². The maximum Gasteiger partial charge on any atom is 0.178 e. The van der Waals surface area contributed by atoms with Gasteiger partial charge in [0.2, 0.25) is 0 Å². The van der Waals surface area contributed by atoms with Crippen molar-refractivity contribution in [1.29, 1.82) is 0 Å². The average molecular weight is 252 g/mol. The molecular formula is C14H20O2S. The summed E-state index contributed by atoms with van der Waals surface area (Å²) in [7, 11) is -3.12. The molecule has 0 aliphatic carbocycles. The molecule has 0 aliphatic heterocycles. The Kier molecular flexibility index (Phi) is 5.42. The summed E-state index contributed by atoms with van der Waals surface area (Å²) < 4.78 is 24.1. The van der Waals surface area contributed by atoms with Gasteiger partial charge in [-0.2, -0.15) is 0 Å². The highest BCUT2D eigenvalue weighted by molar-refractivity contribution is 7.91. The molecular weight excluding hydrogens is 232 g/mol. The number of hydrogen-bond donors (Lipinski definition) is 0. The van der Waals surface area contributed by atoms with Crippen molar-refractivity contribution in [3.05, 3.63) is 43.0 Å². The van der Waals surface area contributed by atoms with Crippen LogP contribution in [0.2, 0.25) is 0 Å². The minimum absolute atomic E-state index is 0.195. The molecule has 0 N–H and O–H groups in total. The highest BCUT2D eigenvalue weighted by Gasteiger charge is 2.17. The molecule has 94 valence electrons. The summed E-state index contributed by atoms with van der Waals surface area (Å²) in [5.74, 6) is 0.425. The van der Waals surface area contributed by atoms with Crippen LogP contribution in [0.25, 0.3) is 0 Å². The SMILES string of the molecule is C=CCCC[C@H](C)CS(=O)(=O)c1ccccc1. The summed E-state index contributed by atoms with van der Waals surface area (Å²) in [5, 5.41) is 0. The Morgan fingerprint density at radius 3 is 2.53 bits per heavy atom. The maximum atomic E-state index is 12.1. The molecule has 0 aromatic heterocycles. The fourth-order valence-corrected chi connectivity index (χ4v) is 3.47. The van der Waals surface area contributed by atoms with Gasteiger partial charge in [0, 0.05) is 0 Å². The Balaban J connectivity index is 2.58. The second kappa shape index (κ2) is 6.60. The number of allylic oxidation sites excluding steroid dienone is 1. The fraction of sp³-hybridized carbons (Fsp3) is 0.429. The second-order valence-electron chi connectivity index (χ2n) is 4.42. The fourth-order valence-electron chi connectivity index (χ4n) is 1.79. The minimum atomic E-state index is -3.12. The van der Waals surface area contributed by atoms with Crippen LogP contribution in [0.15, 0.2) is 47.9 Å². The lowest BCUT2D eigenvalue weighted by Crippen LogP contribution is -2.14. The molecule has 1 aromatic rings. The van der Waals surface area contributed by atoms with Gasteiger partial charge in [0.1, 0.15) is 0 Å². The van der Waals surface area contributed by atoms with Gasteiger partial charge in [-0.05, 0) is 37.3 Å². The van der Waals surface area contributed by atoms with E-state index in [1.165, 1.54) is 0 Å². The smallest absolute Gasteiger partial charge is 0.178 e. The predicted molar refractivity (Wildman–Crippen MR) is 71.7 cm³/mol. The minimum Gasteiger partial charge on any atom is -0.224 e. The molecule has 2 nitrogen and oxygen atoms in total. The summed E-state index contributed by atoms with van der Waals surface area (Å²) in [5.41, 5.74) is 0. The molecule has 0 fully saturated rings. The number of hydrogen-bond acceptors (Lipinski definition) is 2. The lowest BCUT2D eigenvalue weighted by Gasteiger charge is -2.11. The Hall–Kier alpha value is -1.09. The molecule has 0 unspecified atom stereocenters. The van der Waals surface area contributed by atoms with Crippen molar-refractivity contribution in [1.82, 2.24) is 0 Å². The van der Waals surface area contributed by atoms with Crippen LogP contribution in [0, 0.1) is 5.92 Å². The van der Waals surface area contributed by atoms with Gasteiger partial charge in [0.15, 0.2) is 9.84 Å². The van der Waals surface area contributed by atoms with E-state index < -0.39 is 9.84 Å². The van der Waals surface area contributed by atoms with Gasteiger partial charge < -0.3 is 0 Å². The van der Waals surface area contributed by atoms with Crippen molar-refractivity contribution in [3.63, 3.8) is 0 Å². The van der Waals surface area contributed by atoms with E-state index in [0.29, 0.717) is 4.90 Å². The van der Waals surface area contributed by atoms with Crippen LogP contribution in [-0.4, -0.2) is 14.2 Å². The molecule has 1 aromatic carbocycles. The van der Waals surface area contributed by atoms with Gasteiger partial charge in [-0.25, -0.2) is 8.42 Å². The van der Waals surface area contributed by atoms with Crippen LogP contribution in [0.4, 0.5) is 0 Å². The molecule has 3 heteroatoms. The summed E-state index contributed by atoms with van der Waals surface area (Å²) in [6.07, 6.45) is 4.77. The van der Waals surface area contributed by atoms with Gasteiger partial charge >= 0.3 is 0 Å². The lowest BCUT2D eigenvalue weighted by molar-refractivity contribution is 0.536. The Morgan fingerprint density at radius 1 is 1.29 bits per heavy atom. The monoisotopic (exact) mass is 252 g/mol. The quantitative estimate of drug-likeness (QED) is 0.550. The zero-order chi connectivity index (χ0) is 12.7. The number of unbranched alkanes of at least 4 members (excludes halogenated alkanes) is 1. The summed E-state index contributed by atoms with van der Waals surface area (Å²) >= 11 is 0.